The van der Waals surface area contributed by atoms with Crippen molar-refractivity contribution in [3.05, 3.63) is 35.4 Å². The van der Waals surface area contributed by atoms with Crippen LogP contribution in [0, 0.1) is 5.41 Å². The number of rotatable bonds is 2. The van der Waals surface area contributed by atoms with Crippen molar-refractivity contribution in [2.75, 3.05) is 7.11 Å². The highest BCUT2D eigenvalue weighted by Gasteiger charge is 2.02. The van der Waals surface area contributed by atoms with E-state index in [-0.39, 0.29) is 5.97 Å². The standard InChI is InChI=1S/C9H9NO2/c1-12-9(11)8-4-2-7(6-10)3-5-8/h2-6,10H,1H3. The lowest BCUT2D eigenvalue weighted by Crippen LogP contribution is -2.00. The zero-order valence-electron chi connectivity index (χ0n) is 6.70. The molecular formula is C9H9NO2. The molecule has 0 radical (unpaired) electrons. The highest BCUT2D eigenvalue weighted by atomic mass is 16.5. The minimum Gasteiger partial charge on any atom is -0.465 e. The summed E-state index contributed by atoms with van der Waals surface area (Å²) in [6, 6.07) is 6.65. The summed E-state index contributed by atoms with van der Waals surface area (Å²) in [7, 11) is 1.34. The number of benzene rings is 1. The third kappa shape index (κ3) is 1.69. The molecule has 0 aliphatic rings. The zero-order valence-corrected chi connectivity index (χ0v) is 6.70. The topological polar surface area (TPSA) is 50.2 Å². The molecule has 1 aromatic rings. The van der Waals surface area contributed by atoms with Gasteiger partial charge in [-0.25, -0.2) is 4.79 Å². The zero-order chi connectivity index (χ0) is 8.97. The van der Waals surface area contributed by atoms with Crippen LogP contribution in [0.15, 0.2) is 24.3 Å². The monoisotopic (exact) mass is 163 g/mol. The van der Waals surface area contributed by atoms with Gasteiger partial charge in [0.15, 0.2) is 0 Å². The van der Waals surface area contributed by atoms with E-state index in [1.54, 1.807) is 24.3 Å². The Balaban J connectivity index is 2.91. The summed E-state index contributed by atoms with van der Waals surface area (Å²) in [5, 5.41) is 6.93. The molecular weight excluding hydrogens is 154 g/mol. The largest absolute Gasteiger partial charge is 0.465 e. The van der Waals surface area contributed by atoms with Gasteiger partial charge in [-0.05, 0) is 17.7 Å². The van der Waals surface area contributed by atoms with Gasteiger partial charge < -0.3 is 10.1 Å². The second kappa shape index (κ2) is 3.67. The highest BCUT2D eigenvalue weighted by molar-refractivity contribution is 5.90. The Morgan fingerprint density at radius 1 is 1.42 bits per heavy atom. The molecule has 0 heterocycles. The van der Waals surface area contributed by atoms with Gasteiger partial charge in [0, 0.05) is 6.21 Å². The maximum Gasteiger partial charge on any atom is 0.337 e. The van der Waals surface area contributed by atoms with E-state index in [1.807, 2.05) is 0 Å². The Hall–Kier alpha value is -1.64. The maximum atomic E-state index is 10.9. The van der Waals surface area contributed by atoms with E-state index in [9.17, 15) is 4.79 Å². The molecule has 3 nitrogen and oxygen atoms in total. The molecule has 12 heavy (non-hydrogen) atoms. The molecule has 0 saturated carbocycles. The molecule has 0 atom stereocenters. The fourth-order valence-corrected chi connectivity index (χ4v) is 0.833. The number of esters is 1. The van der Waals surface area contributed by atoms with Crippen LogP contribution in [0.3, 0.4) is 0 Å². The van der Waals surface area contributed by atoms with Crippen LogP contribution >= 0.6 is 0 Å². The summed E-state index contributed by atoms with van der Waals surface area (Å²) in [4.78, 5) is 10.9. The Morgan fingerprint density at radius 3 is 2.42 bits per heavy atom. The first-order chi connectivity index (χ1) is 5.77. The van der Waals surface area contributed by atoms with E-state index < -0.39 is 0 Å². The fourth-order valence-electron chi connectivity index (χ4n) is 0.833. The molecule has 0 fully saturated rings. The lowest BCUT2D eigenvalue weighted by atomic mass is 10.1. The Bertz CT molecular complexity index is 290. The first-order valence-electron chi connectivity index (χ1n) is 3.47. The van der Waals surface area contributed by atoms with Gasteiger partial charge >= 0.3 is 5.97 Å². The predicted molar refractivity (Wildman–Crippen MR) is 45.7 cm³/mol. The normalized spacial score (nSPS) is 9.08. The molecule has 1 N–H and O–H groups in total. The third-order valence-corrected chi connectivity index (χ3v) is 1.50. The third-order valence-electron chi connectivity index (χ3n) is 1.50. The first-order valence-corrected chi connectivity index (χ1v) is 3.47. The second-order valence-corrected chi connectivity index (χ2v) is 2.26. The van der Waals surface area contributed by atoms with Crippen LogP contribution < -0.4 is 0 Å². The van der Waals surface area contributed by atoms with Gasteiger partial charge in [0.2, 0.25) is 0 Å². The fraction of sp³-hybridized carbons (Fsp3) is 0.111. The summed E-state index contributed by atoms with van der Waals surface area (Å²) in [5.74, 6) is -0.355. The highest BCUT2D eigenvalue weighted by Crippen LogP contribution is 2.03. The summed E-state index contributed by atoms with van der Waals surface area (Å²) in [6.07, 6.45) is 1.22. The minimum absolute atomic E-state index is 0.355. The minimum atomic E-state index is -0.355. The Morgan fingerprint density at radius 2 is 2.00 bits per heavy atom. The van der Waals surface area contributed by atoms with E-state index in [4.69, 9.17) is 5.41 Å². The predicted octanol–water partition coefficient (Wildman–Crippen LogP) is 1.47. The van der Waals surface area contributed by atoms with Crippen molar-refractivity contribution in [2.45, 2.75) is 0 Å². The molecule has 0 spiro atoms. The Labute approximate surface area is 70.5 Å². The van der Waals surface area contributed by atoms with Crippen molar-refractivity contribution in [3.8, 4) is 0 Å². The van der Waals surface area contributed by atoms with Gasteiger partial charge in [-0.1, -0.05) is 12.1 Å². The lowest BCUT2D eigenvalue weighted by molar-refractivity contribution is 0.0601. The van der Waals surface area contributed by atoms with Gasteiger partial charge in [-0.15, -0.1) is 0 Å². The molecule has 0 aliphatic heterocycles. The quantitative estimate of drug-likeness (QED) is 0.530. The maximum absolute atomic E-state index is 10.9. The van der Waals surface area contributed by atoms with Gasteiger partial charge in [-0.3, -0.25) is 0 Å². The molecule has 1 rings (SSSR count). The van der Waals surface area contributed by atoms with Crippen molar-refractivity contribution in [1.82, 2.24) is 0 Å². The summed E-state index contributed by atoms with van der Waals surface area (Å²) in [6.45, 7) is 0. The average Bonchev–Trinajstić information content (AvgIpc) is 2.17. The van der Waals surface area contributed by atoms with Gasteiger partial charge in [-0.2, -0.15) is 0 Å². The molecule has 3 heteroatoms. The van der Waals surface area contributed by atoms with Gasteiger partial charge in [0.1, 0.15) is 0 Å². The number of carbonyl (C=O) groups is 1. The van der Waals surface area contributed by atoms with Gasteiger partial charge in [0.25, 0.3) is 0 Å². The van der Waals surface area contributed by atoms with Crippen LogP contribution in [0.2, 0.25) is 0 Å². The van der Waals surface area contributed by atoms with Crippen LogP contribution in [0.25, 0.3) is 0 Å². The molecule has 0 bridgehead atoms. The summed E-state index contributed by atoms with van der Waals surface area (Å²) in [5.41, 5.74) is 1.27. The lowest BCUT2D eigenvalue weighted by Gasteiger charge is -1.97. The molecule has 0 aromatic heterocycles. The van der Waals surface area contributed by atoms with Crippen LogP contribution in [0.4, 0.5) is 0 Å². The van der Waals surface area contributed by atoms with Crippen molar-refractivity contribution >= 4 is 12.2 Å². The number of hydrogen-bond acceptors (Lipinski definition) is 3. The van der Waals surface area contributed by atoms with E-state index in [2.05, 4.69) is 4.74 Å². The molecule has 0 unspecified atom stereocenters. The van der Waals surface area contributed by atoms with Crippen molar-refractivity contribution in [1.29, 1.82) is 5.41 Å². The summed E-state index contributed by atoms with van der Waals surface area (Å²) < 4.78 is 4.51. The molecule has 0 aliphatic carbocycles. The molecule has 0 saturated heterocycles. The van der Waals surface area contributed by atoms with Crippen molar-refractivity contribution < 1.29 is 9.53 Å². The smallest absolute Gasteiger partial charge is 0.337 e. The average molecular weight is 163 g/mol. The van der Waals surface area contributed by atoms with Gasteiger partial charge in [0.05, 0.1) is 12.7 Å². The number of ether oxygens (including phenoxy) is 1. The molecule has 62 valence electrons. The number of hydrogen-bond donors (Lipinski definition) is 1. The second-order valence-electron chi connectivity index (χ2n) is 2.26. The molecule has 0 amide bonds. The SMILES string of the molecule is COC(=O)c1ccc(C=N)cc1. The summed E-state index contributed by atoms with van der Waals surface area (Å²) >= 11 is 0. The van der Waals surface area contributed by atoms with E-state index in [1.165, 1.54) is 13.3 Å². The van der Waals surface area contributed by atoms with E-state index in [0.29, 0.717) is 5.56 Å². The molecule has 1 aromatic carbocycles. The van der Waals surface area contributed by atoms with Crippen molar-refractivity contribution in [3.63, 3.8) is 0 Å². The van der Waals surface area contributed by atoms with E-state index >= 15 is 0 Å². The van der Waals surface area contributed by atoms with E-state index in [0.717, 1.165) is 5.56 Å². The Kier molecular flexibility index (Phi) is 2.58. The van der Waals surface area contributed by atoms with Crippen molar-refractivity contribution in [2.24, 2.45) is 0 Å². The van der Waals surface area contributed by atoms with Crippen LogP contribution in [-0.4, -0.2) is 19.3 Å². The number of carbonyl (C=O) groups excluding carboxylic acids is 1. The van der Waals surface area contributed by atoms with Crippen LogP contribution in [0.5, 0.6) is 0 Å². The van der Waals surface area contributed by atoms with Crippen LogP contribution in [0.1, 0.15) is 15.9 Å². The first kappa shape index (κ1) is 8.46. The van der Waals surface area contributed by atoms with Crippen LogP contribution in [-0.2, 0) is 4.74 Å². The number of nitrogens with one attached hydrogen (secondary N) is 1. The number of methoxy groups -OCH3 is 1.